The van der Waals surface area contributed by atoms with Crippen molar-refractivity contribution in [2.45, 2.75) is 31.0 Å². The second-order valence-corrected chi connectivity index (χ2v) is 8.44. The van der Waals surface area contributed by atoms with E-state index < -0.39 is 10.0 Å². The third-order valence-corrected chi connectivity index (χ3v) is 6.39. The Morgan fingerprint density at radius 1 is 1.19 bits per heavy atom. The molecule has 1 aromatic carbocycles. The molecule has 27 heavy (non-hydrogen) atoms. The average Bonchev–Trinajstić information content (AvgIpc) is 3.21. The van der Waals surface area contributed by atoms with E-state index in [1.54, 1.807) is 25.1 Å². The van der Waals surface area contributed by atoms with Gasteiger partial charge in [-0.15, -0.1) is 0 Å². The van der Waals surface area contributed by atoms with Gasteiger partial charge in [-0.05, 0) is 36.6 Å². The predicted molar refractivity (Wildman–Crippen MR) is 101 cm³/mol. The molecule has 1 amide bonds. The van der Waals surface area contributed by atoms with Crippen LogP contribution in [0.25, 0.3) is 6.08 Å². The Morgan fingerprint density at radius 2 is 1.81 bits per heavy atom. The van der Waals surface area contributed by atoms with E-state index >= 15 is 0 Å². The van der Waals surface area contributed by atoms with E-state index in [9.17, 15) is 13.2 Å². The van der Waals surface area contributed by atoms with E-state index in [4.69, 9.17) is 9.47 Å². The van der Waals surface area contributed by atoms with Gasteiger partial charge in [0.15, 0.2) is 6.29 Å². The largest absolute Gasteiger partial charge is 0.350 e. The van der Waals surface area contributed by atoms with Gasteiger partial charge in [-0.25, -0.2) is 13.1 Å². The lowest BCUT2D eigenvalue weighted by Gasteiger charge is -2.33. The van der Waals surface area contributed by atoms with Gasteiger partial charge in [-0.1, -0.05) is 19.1 Å². The minimum atomic E-state index is -3.46. The fraction of sp³-hybridized carbons (Fsp3) is 0.526. The van der Waals surface area contributed by atoms with Crippen LogP contribution >= 0.6 is 0 Å². The normalized spacial score (nSPS) is 19.8. The zero-order valence-corrected chi connectivity index (χ0v) is 16.3. The molecule has 1 aromatic rings. The molecular weight excluding hydrogens is 368 g/mol. The van der Waals surface area contributed by atoms with Crippen molar-refractivity contribution in [2.24, 2.45) is 5.92 Å². The molecule has 0 spiro atoms. The van der Waals surface area contributed by atoms with Crippen molar-refractivity contribution < 1.29 is 22.7 Å². The number of hydrogen-bond acceptors (Lipinski definition) is 5. The van der Waals surface area contributed by atoms with Gasteiger partial charge >= 0.3 is 0 Å². The van der Waals surface area contributed by atoms with Crippen LogP contribution < -0.4 is 4.72 Å². The maximum absolute atomic E-state index is 12.4. The fourth-order valence-electron chi connectivity index (χ4n) is 3.35. The number of hydrogen-bond donors (Lipinski definition) is 1. The first-order valence-electron chi connectivity index (χ1n) is 9.29. The second-order valence-electron chi connectivity index (χ2n) is 6.68. The number of carbonyl (C=O) groups is 1. The molecule has 0 unspecified atom stereocenters. The summed E-state index contributed by atoms with van der Waals surface area (Å²) in [6, 6.07) is 6.45. The highest BCUT2D eigenvalue weighted by atomic mass is 32.2. The van der Waals surface area contributed by atoms with Crippen molar-refractivity contribution in [3.05, 3.63) is 35.9 Å². The average molecular weight is 394 g/mol. The van der Waals surface area contributed by atoms with Gasteiger partial charge in [0.25, 0.3) is 0 Å². The summed E-state index contributed by atoms with van der Waals surface area (Å²) in [7, 11) is -3.46. The summed E-state index contributed by atoms with van der Waals surface area (Å²) in [6.45, 7) is 4.77. The SMILES string of the molecule is CCNS(=O)(=O)c1ccc(/C=C/C(=O)N2CCC(C3OCCO3)CC2)cc1. The van der Waals surface area contributed by atoms with Crippen LogP contribution in [-0.4, -0.2) is 58.4 Å². The number of carbonyl (C=O) groups excluding carboxylic acids is 1. The topological polar surface area (TPSA) is 84.9 Å². The number of nitrogens with one attached hydrogen (secondary N) is 1. The number of sulfonamides is 1. The summed E-state index contributed by atoms with van der Waals surface area (Å²) in [4.78, 5) is 14.4. The summed E-state index contributed by atoms with van der Waals surface area (Å²) in [5.74, 6) is 0.317. The zero-order valence-electron chi connectivity index (χ0n) is 15.5. The first-order chi connectivity index (χ1) is 13.0. The second kappa shape index (κ2) is 8.97. The maximum atomic E-state index is 12.4. The molecule has 2 fully saturated rings. The highest BCUT2D eigenvalue weighted by Gasteiger charge is 2.31. The monoisotopic (exact) mass is 394 g/mol. The van der Waals surface area contributed by atoms with Crippen molar-refractivity contribution in [3.8, 4) is 0 Å². The molecule has 3 rings (SSSR count). The number of benzene rings is 1. The van der Waals surface area contributed by atoms with Crippen molar-refractivity contribution in [1.82, 2.24) is 9.62 Å². The zero-order chi connectivity index (χ0) is 19.3. The van der Waals surface area contributed by atoms with Crippen LogP contribution in [-0.2, 0) is 24.3 Å². The van der Waals surface area contributed by atoms with E-state index in [2.05, 4.69) is 4.72 Å². The van der Waals surface area contributed by atoms with E-state index in [0.717, 1.165) is 18.4 Å². The van der Waals surface area contributed by atoms with Gasteiger partial charge in [0, 0.05) is 31.6 Å². The summed E-state index contributed by atoms with van der Waals surface area (Å²) in [5, 5.41) is 0. The molecule has 2 heterocycles. The first kappa shape index (κ1) is 20.0. The van der Waals surface area contributed by atoms with Crippen LogP contribution in [0.5, 0.6) is 0 Å². The summed E-state index contributed by atoms with van der Waals surface area (Å²) >= 11 is 0. The minimum Gasteiger partial charge on any atom is -0.350 e. The van der Waals surface area contributed by atoms with Crippen LogP contribution in [0.2, 0.25) is 0 Å². The predicted octanol–water partition coefficient (Wildman–Crippen LogP) is 1.61. The van der Waals surface area contributed by atoms with Crippen molar-refractivity contribution >= 4 is 22.0 Å². The van der Waals surface area contributed by atoms with E-state index in [1.165, 1.54) is 18.2 Å². The Labute approximate surface area is 160 Å². The highest BCUT2D eigenvalue weighted by Crippen LogP contribution is 2.26. The fourth-order valence-corrected chi connectivity index (χ4v) is 4.39. The van der Waals surface area contributed by atoms with Crippen molar-refractivity contribution in [1.29, 1.82) is 0 Å². The van der Waals surface area contributed by atoms with Gasteiger partial charge in [0.1, 0.15) is 0 Å². The number of ether oxygens (including phenoxy) is 2. The standard InChI is InChI=1S/C19H26N2O5S/c1-2-20-27(23,24)17-6-3-15(4-7-17)5-8-18(22)21-11-9-16(10-12-21)19-25-13-14-26-19/h3-8,16,19-20H,2,9-14H2,1H3/b8-5+. The molecule has 2 saturated heterocycles. The number of likely N-dealkylation sites (tertiary alicyclic amines) is 1. The minimum absolute atomic E-state index is 0.0361. The molecule has 0 radical (unpaired) electrons. The van der Waals surface area contributed by atoms with Gasteiger partial charge in [0.05, 0.1) is 18.1 Å². The Kier molecular flexibility index (Phi) is 6.64. The summed E-state index contributed by atoms with van der Waals surface area (Å²) in [6.07, 6.45) is 4.88. The first-order valence-corrected chi connectivity index (χ1v) is 10.8. The molecule has 7 nitrogen and oxygen atoms in total. The summed E-state index contributed by atoms with van der Waals surface area (Å²) in [5.41, 5.74) is 0.779. The molecular formula is C19H26N2O5S. The van der Waals surface area contributed by atoms with E-state index in [-0.39, 0.29) is 17.1 Å². The smallest absolute Gasteiger partial charge is 0.246 e. The molecule has 0 bridgehead atoms. The lowest BCUT2D eigenvalue weighted by molar-refractivity contribution is -0.131. The molecule has 1 N–H and O–H groups in total. The van der Waals surface area contributed by atoms with Crippen LogP contribution in [0.3, 0.4) is 0 Å². The van der Waals surface area contributed by atoms with Crippen molar-refractivity contribution in [2.75, 3.05) is 32.8 Å². The van der Waals surface area contributed by atoms with Crippen molar-refractivity contribution in [3.63, 3.8) is 0 Å². The Bertz CT molecular complexity index is 762. The third kappa shape index (κ3) is 5.16. The molecule has 0 aliphatic carbocycles. The molecule has 2 aliphatic heterocycles. The van der Waals surface area contributed by atoms with Gasteiger partial charge < -0.3 is 14.4 Å². The summed E-state index contributed by atoms with van der Waals surface area (Å²) < 4.78 is 37.4. The molecule has 0 atom stereocenters. The Balaban J connectivity index is 1.52. The lowest BCUT2D eigenvalue weighted by atomic mass is 9.96. The van der Waals surface area contributed by atoms with Gasteiger partial charge in [0.2, 0.25) is 15.9 Å². The molecule has 0 saturated carbocycles. The van der Waals surface area contributed by atoms with E-state index in [0.29, 0.717) is 38.8 Å². The molecule has 8 heteroatoms. The van der Waals surface area contributed by atoms with Gasteiger partial charge in [-0.2, -0.15) is 0 Å². The Morgan fingerprint density at radius 3 is 2.41 bits per heavy atom. The highest BCUT2D eigenvalue weighted by molar-refractivity contribution is 7.89. The van der Waals surface area contributed by atoms with Crippen LogP contribution in [0.4, 0.5) is 0 Å². The lowest BCUT2D eigenvalue weighted by Crippen LogP contribution is -2.40. The van der Waals surface area contributed by atoms with E-state index in [1.807, 2.05) is 4.90 Å². The number of piperidine rings is 1. The quantitative estimate of drug-likeness (QED) is 0.741. The van der Waals surface area contributed by atoms with Crippen LogP contribution in [0, 0.1) is 5.92 Å². The van der Waals surface area contributed by atoms with Gasteiger partial charge in [-0.3, -0.25) is 4.79 Å². The number of nitrogens with zero attached hydrogens (tertiary/aromatic N) is 1. The Hall–Kier alpha value is -1.74. The van der Waals surface area contributed by atoms with Crippen LogP contribution in [0.15, 0.2) is 35.2 Å². The number of amides is 1. The van der Waals surface area contributed by atoms with Crippen LogP contribution in [0.1, 0.15) is 25.3 Å². The molecule has 0 aromatic heterocycles. The molecule has 2 aliphatic rings. The maximum Gasteiger partial charge on any atom is 0.246 e. The third-order valence-electron chi connectivity index (χ3n) is 4.83. The molecule has 148 valence electrons. The number of rotatable bonds is 6.